The molecule has 2 unspecified atom stereocenters. The van der Waals surface area contributed by atoms with Crippen molar-refractivity contribution in [1.29, 1.82) is 0 Å². The quantitative estimate of drug-likeness (QED) is 0.0222. The third-order valence-corrected chi connectivity index (χ3v) is 22.4. The number of phosphoric acid groups is 2. The van der Waals surface area contributed by atoms with E-state index in [2.05, 4.69) is 41.5 Å². The normalized spacial score (nSPS) is 13.8. The highest BCUT2D eigenvalue weighted by Gasteiger charge is 2.30. The van der Waals surface area contributed by atoms with Crippen molar-refractivity contribution in [2.45, 2.75) is 484 Å². The summed E-state index contributed by atoms with van der Waals surface area (Å²) in [5.74, 6) is -0.486. The number of aliphatic hydroxyl groups excluding tert-OH is 1. The lowest BCUT2D eigenvalue weighted by Crippen LogP contribution is -2.30. The van der Waals surface area contributed by atoms with E-state index in [-0.39, 0.29) is 25.7 Å². The smallest absolute Gasteiger partial charge is 0.462 e. The van der Waals surface area contributed by atoms with Crippen LogP contribution in [0.5, 0.6) is 0 Å². The average Bonchev–Trinajstić information content (AvgIpc) is 0.906. The highest BCUT2D eigenvalue weighted by molar-refractivity contribution is 7.47. The Morgan fingerprint density at radius 2 is 0.434 bits per heavy atom. The van der Waals surface area contributed by atoms with Gasteiger partial charge in [-0.15, -0.1) is 0 Å². The second-order valence-corrected chi connectivity index (χ2v) is 35.1. The summed E-state index contributed by atoms with van der Waals surface area (Å²) in [6.07, 6.45) is 70.9. The number of carbonyl (C=O) groups is 4. The maximum absolute atomic E-state index is 13.1. The topological polar surface area (TPSA) is 237 Å². The van der Waals surface area contributed by atoms with E-state index in [1.807, 2.05) is 0 Å². The zero-order valence-electron chi connectivity index (χ0n) is 69.7. The van der Waals surface area contributed by atoms with E-state index in [4.69, 9.17) is 37.0 Å². The van der Waals surface area contributed by atoms with Crippen molar-refractivity contribution in [3.63, 3.8) is 0 Å². The first-order valence-corrected chi connectivity index (χ1v) is 48.0. The second kappa shape index (κ2) is 78.3. The maximum Gasteiger partial charge on any atom is 0.472 e. The number of aliphatic hydroxyl groups is 1. The highest BCUT2D eigenvalue weighted by Crippen LogP contribution is 2.45. The van der Waals surface area contributed by atoms with Gasteiger partial charge in [0.05, 0.1) is 26.4 Å². The molecule has 0 radical (unpaired) electrons. The Morgan fingerprint density at radius 3 is 0.642 bits per heavy atom. The van der Waals surface area contributed by atoms with Gasteiger partial charge in [-0.3, -0.25) is 37.3 Å². The SMILES string of the molecule is CCCCCCCCCCCCCCCCCCCCCCC(=O)O[C@H](COC(=O)CCCCCCCCCCCCCCCCCCC(C)C)COP(=O)(O)OC[C@@H](O)COP(=O)(O)OC[C@@H](COC(=O)CCCCCCCCCCC)OC(=O)CCCCCCCCCCCCCCCCCC(C)C. The van der Waals surface area contributed by atoms with E-state index in [1.165, 1.54) is 283 Å². The summed E-state index contributed by atoms with van der Waals surface area (Å²) in [7, 11) is -9.93. The van der Waals surface area contributed by atoms with Crippen LogP contribution in [0.15, 0.2) is 0 Å². The largest absolute Gasteiger partial charge is 0.472 e. The van der Waals surface area contributed by atoms with Gasteiger partial charge in [0.2, 0.25) is 0 Å². The van der Waals surface area contributed by atoms with Gasteiger partial charge in [0.25, 0.3) is 0 Å². The fraction of sp³-hybridized carbons (Fsp3) is 0.954. The van der Waals surface area contributed by atoms with Gasteiger partial charge >= 0.3 is 39.5 Å². The molecule has 0 amide bonds. The van der Waals surface area contributed by atoms with Crippen LogP contribution in [-0.4, -0.2) is 96.7 Å². The molecule has 0 spiro atoms. The molecule has 0 aliphatic carbocycles. The fourth-order valence-electron chi connectivity index (χ4n) is 13.6. The first-order valence-electron chi connectivity index (χ1n) is 45.0. The molecule has 0 saturated carbocycles. The third-order valence-electron chi connectivity index (χ3n) is 20.5. The Kier molecular flexibility index (Phi) is 76.9. The zero-order valence-corrected chi connectivity index (χ0v) is 71.5. The van der Waals surface area contributed by atoms with Crippen molar-refractivity contribution in [2.75, 3.05) is 39.6 Å². The van der Waals surface area contributed by atoms with Gasteiger partial charge in [-0.1, -0.05) is 414 Å². The number of hydrogen-bond acceptors (Lipinski definition) is 15. The van der Waals surface area contributed by atoms with Crippen LogP contribution in [0.3, 0.4) is 0 Å². The average molecular weight is 1550 g/mol. The molecule has 0 aliphatic heterocycles. The van der Waals surface area contributed by atoms with Crippen LogP contribution in [0.4, 0.5) is 0 Å². The molecule has 0 bridgehead atoms. The van der Waals surface area contributed by atoms with E-state index in [1.54, 1.807) is 0 Å². The van der Waals surface area contributed by atoms with Crippen molar-refractivity contribution in [1.82, 2.24) is 0 Å². The van der Waals surface area contributed by atoms with E-state index < -0.39 is 97.5 Å². The number of rotatable bonds is 86. The van der Waals surface area contributed by atoms with Gasteiger partial charge in [0.1, 0.15) is 19.3 Å². The third kappa shape index (κ3) is 80.1. The molecule has 0 aliphatic rings. The Bertz CT molecular complexity index is 2030. The maximum atomic E-state index is 13.1. The molecule has 3 N–H and O–H groups in total. The van der Waals surface area contributed by atoms with Crippen LogP contribution in [0.2, 0.25) is 0 Å². The first kappa shape index (κ1) is 104. The number of unbranched alkanes of at least 4 members (excludes halogenated alkanes) is 56. The van der Waals surface area contributed by atoms with Crippen LogP contribution in [0.1, 0.15) is 465 Å². The van der Waals surface area contributed by atoms with Gasteiger partial charge in [-0.05, 0) is 37.5 Å². The summed E-state index contributed by atoms with van der Waals surface area (Å²) < 4.78 is 68.9. The number of hydrogen-bond donors (Lipinski definition) is 3. The van der Waals surface area contributed by atoms with Gasteiger partial charge < -0.3 is 33.8 Å². The predicted octanol–water partition coefficient (Wildman–Crippen LogP) is 26.6. The van der Waals surface area contributed by atoms with Crippen molar-refractivity contribution in [3.05, 3.63) is 0 Å². The molecule has 630 valence electrons. The molecule has 0 rings (SSSR count). The summed E-state index contributed by atoms with van der Waals surface area (Å²) in [4.78, 5) is 73.2. The molecule has 0 saturated heterocycles. The Hall–Kier alpha value is -1.94. The number of carbonyl (C=O) groups excluding carboxylic acids is 4. The van der Waals surface area contributed by atoms with Crippen LogP contribution in [0, 0.1) is 11.8 Å². The molecular formula is C87H170O17P2. The minimum absolute atomic E-state index is 0.108. The summed E-state index contributed by atoms with van der Waals surface area (Å²) in [5, 5.41) is 10.7. The zero-order chi connectivity index (χ0) is 77.8. The molecule has 0 aromatic rings. The molecule has 5 atom stereocenters. The monoisotopic (exact) mass is 1550 g/mol. The van der Waals surface area contributed by atoms with E-state index >= 15 is 0 Å². The highest BCUT2D eigenvalue weighted by atomic mass is 31.2. The summed E-state index contributed by atoms with van der Waals surface area (Å²) >= 11 is 0. The first-order chi connectivity index (χ1) is 51.4. The van der Waals surface area contributed by atoms with Crippen LogP contribution in [-0.2, 0) is 65.4 Å². The van der Waals surface area contributed by atoms with Gasteiger partial charge in [0.15, 0.2) is 12.2 Å². The lowest BCUT2D eigenvalue weighted by Gasteiger charge is -2.21. The van der Waals surface area contributed by atoms with E-state index in [0.717, 1.165) is 102 Å². The Morgan fingerprint density at radius 1 is 0.255 bits per heavy atom. The molecule has 17 nitrogen and oxygen atoms in total. The summed E-state index contributed by atoms with van der Waals surface area (Å²) in [5.41, 5.74) is 0. The fourth-order valence-corrected chi connectivity index (χ4v) is 15.2. The van der Waals surface area contributed by atoms with Crippen LogP contribution < -0.4 is 0 Å². The lowest BCUT2D eigenvalue weighted by molar-refractivity contribution is -0.161. The molecule has 0 fully saturated rings. The Balaban J connectivity index is 5.21. The van der Waals surface area contributed by atoms with E-state index in [9.17, 15) is 43.2 Å². The van der Waals surface area contributed by atoms with Crippen molar-refractivity contribution in [3.8, 4) is 0 Å². The summed E-state index contributed by atoms with van der Waals surface area (Å²) in [6.45, 7) is 9.72. The number of phosphoric ester groups is 2. The van der Waals surface area contributed by atoms with Gasteiger partial charge in [-0.2, -0.15) is 0 Å². The number of esters is 4. The minimum atomic E-state index is -4.97. The predicted molar refractivity (Wildman–Crippen MR) is 437 cm³/mol. The van der Waals surface area contributed by atoms with Gasteiger partial charge in [0, 0.05) is 25.7 Å². The van der Waals surface area contributed by atoms with Crippen molar-refractivity contribution >= 4 is 39.5 Å². The Labute approximate surface area is 651 Å². The van der Waals surface area contributed by atoms with Crippen LogP contribution in [0.25, 0.3) is 0 Å². The second-order valence-electron chi connectivity index (χ2n) is 32.2. The van der Waals surface area contributed by atoms with E-state index in [0.29, 0.717) is 25.7 Å². The molecule has 0 heterocycles. The molecule has 0 aromatic heterocycles. The minimum Gasteiger partial charge on any atom is -0.462 e. The standard InChI is InChI=1S/C87H170O17P2/c1-7-9-11-13-15-17-18-19-20-21-22-23-24-31-36-41-47-53-59-65-71-87(92)104-83(76-98-85(90)70-64-58-52-46-40-35-30-26-25-28-33-38-44-49-55-61-67-79(3)4)78-102-106(95,96)100-74-81(88)73-99-105(93,94)101-77-82(75-97-84(89)69-63-57-51-43-16-14-12-10-8-2)103-86(91)72-66-60-54-48-42-37-32-27-29-34-39-45-50-56-62-68-80(5)6/h79-83,88H,7-78H2,1-6H3,(H,93,94)(H,95,96)/t81-,82+,83+/m0/s1. The summed E-state index contributed by atoms with van der Waals surface area (Å²) in [6, 6.07) is 0. The molecule has 106 heavy (non-hydrogen) atoms. The lowest BCUT2D eigenvalue weighted by atomic mass is 10.0. The molecule has 0 aromatic carbocycles. The van der Waals surface area contributed by atoms with Crippen LogP contribution >= 0.6 is 15.6 Å². The molecular weight excluding hydrogens is 1380 g/mol. The molecule has 19 heteroatoms. The number of ether oxygens (including phenoxy) is 4. The van der Waals surface area contributed by atoms with Gasteiger partial charge in [-0.25, -0.2) is 9.13 Å². The van der Waals surface area contributed by atoms with Crippen molar-refractivity contribution in [2.24, 2.45) is 11.8 Å². The van der Waals surface area contributed by atoms with Crippen molar-refractivity contribution < 1.29 is 80.2 Å².